The van der Waals surface area contributed by atoms with Gasteiger partial charge in [0.25, 0.3) is 0 Å². The maximum absolute atomic E-state index is 5.92. The van der Waals surface area contributed by atoms with E-state index in [-0.39, 0.29) is 6.04 Å². The summed E-state index contributed by atoms with van der Waals surface area (Å²) < 4.78 is 13.0. The van der Waals surface area contributed by atoms with Gasteiger partial charge in [-0.25, -0.2) is 9.67 Å². The van der Waals surface area contributed by atoms with E-state index in [1.165, 1.54) is 0 Å². The van der Waals surface area contributed by atoms with Crippen molar-refractivity contribution in [3.8, 4) is 11.5 Å². The molecular weight excluding hydrogens is 268 g/mol. The lowest BCUT2D eigenvalue weighted by Crippen LogP contribution is -2.12. The van der Waals surface area contributed by atoms with Gasteiger partial charge in [-0.3, -0.25) is 0 Å². The number of methoxy groups -OCH3 is 1. The molecule has 21 heavy (non-hydrogen) atoms. The molecule has 0 aliphatic heterocycles. The van der Waals surface area contributed by atoms with Gasteiger partial charge >= 0.3 is 0 Å². The first-order valence-electron chi connectivity index (χ1n) is 6.98. The van der Waals surface area contributed by atoms with Crippen molar-refractivity contribution in [2.45, 2.75) is 33.0 Å². The van der Waals surface area contributed by atoms with Crippen LogP contribution in [0.3, 0.4) is 0 Å². The molecule has 0 spiro atoms. The summed E-state index contributed by atoms with van der Waals surface area (Å²) in [5.41, 5.74) is 1.08. The molecule has 0 saturated heterocycles. The highest BCUT2D eigenvalue weighted by molar-refractivity contribution is 5.40. The smallest absolute Gasteiger partial charge is 0.165 e. The van der Waals surface area contributed by atoms with Crippen LogP contribution < -0.4 is 14.8 Å². The summed E-state index contributed by atoms with van der Waals surface area (Å²) in [5.74, 6) is 2.38. The molecule has 0 fully saturated rings. The van der Waals surface area contributed by atoms with Gasteiger partial charge in [0, 0.05) is 24.2 Å². The number of hydrogen-bond acceptors (Lipinski definition) is 5. The van der Waals surface area contributed by atoms with Crippen molar-refractivity contribution in [1.82, 2.24) is 20.1 Å². The molecule has 114 valence electrons. The fourth-order valence-corrected chi connectivity index (χ4v) is 2.08. The summed E-state index contributed by atoms with van der Waals surface area (Å²) in [5, 5.41) is 7.34. The normalized spacial score (nSPS) is 10.9. The largest absolute Gasteiger partial charge is 0.497 e. The van der Waals surface area contributed by atoms with E-state index in [1.807, 2.05) is 29.9 Å². The number of hydrogen-bond donors (Lipinski definition) is 1. The molecule has 0 atom stereocenters. The lowest BCUT2D eigenvalue weighted by molar-refractivity contribution is 0.277. The molecule has 1 aromatic heterocycles. The predicted octanol–water partition coefficient (Wildman–Crippen LogP) is 2.17. The molecule has 6 heteroatoms. The fourth-order valence-electron chi connectivity index (χ4n) is 2.08. The summed E-state index contributed by atoms with van der Waals surface area (Å²) in [6, 6.07) is 6.07. The van der Waals surface area contributed by atoms with Crippen LogP contribution in [0.2, 0.25) is 0 Å². The molecule has 6 nitrogen and oxygen atoms in total. The molecule has 2 aromatic rings. The van der Waals surface area contributed by atoms with Gasteiger partial charge in [0.1, 0.15) is 24.4 Å². The van der Waals surface area contributed by atoms with Crippen LogP contribution in [0.15, 0.2) is 24.5 Å². The van der Waals surface area contributed by atoms with Crippen molar-refractivity contribution in [3.63, 3.8) is 0 Å². The lowest BCUT2D eigenvalue weighted by Gasteiger charge is -2.14. The summed E-state index contributed by atoms with van der Waals surface area (Å²) >= 11 is 0. The monoisotopic (exact) mass is 290 g/mol. The maximum Gasteiger partial charge on any atom is 0.165 e. The second kappa shape index (κ2) is 7.08. The van der Waals surface area contributed by atoms with E-state index in [0.29, 0.717) is 6.61 Å². The fraction of sp³-hybridized carbons (Fsp3) is 0.467. The van der Waals surface area contributed by atoms with Crippen molar-refractivity contribution in [2.75, 3.05) is 14.2 Å². The molecule has 1 N–H and O–H groups in total. The third-order valence-corrected chi connectivity index (χ3v) is 3.13. The van der Waals surface area contributed by atoms with Crippen molar-refractivity contribution in [3.05, 3.63) is 35.9 Å². The van der Waals surface area contributed by atoms with E-state index in [4.69, 9.17) is 9.47 Å². The van der Waals surface area contributed by atoms with Crippen LogP contribution >= 0.6 is 0 Å². The third-order valence-electron chi connectivity index (χ3n) is 3.13. The van der Waals surface area contributed by atoms with E-state index in [9.17, 15) is 0 Å². The van der Waals surface area contributed by atoms with E-state index >= 15 is 0 Å². The molecule has 0 bridgehead atoms. The van der Waals surface area contributed by atoms with Crippen LogP contribution in [-0.2, 0) is 13.2 Å². The van der Waals surface area contributed by atoms with Crippen molar-refractivity contribution in [1.29, 1.82) is 0 Å². The summed E-state index contributed by atoms with van der Waals surface area (Å²) in [6.07, 6.45) is 1.55. The van der Waals surface area contributed by atoms with Crippen molar-refractivity contribution in [2.24, 2.45) is 0 Å². The Morgan fingerprint density at radius 1 is 1.33 bits per heavy atom. The minimum Gasteiger partial charge on any atom is -0.497 e. The summed E-state index contributed by atoms with van der Waals surface area (Å²) in [6.45, 7) is 5.24. The highest BCUT2D eigenvalue weighted by atomic mass is 16.5. The third kappa shape index (κ3) is 3.72. The Morgan fingerprint density at radius 2 is 2.14 bits per heavy atom. The quantitative estimate of drug-likeness (QED) is 0.846. The highest BCUT2D eigenvalue weighted by Crippen LogP contribution is 2.25. The zero-order valence-corrected chi connectivity index (χ0v) is 13.0. The average molecular weight is 290 g/mol. The average Bonchev–Trinajstić information content (AvgIpc) is 2.95. The van der Waals surface area contributed by atoms with Gasteiger partial charge in [0.05, 0.1) is 7.11 Å². The summed E-state index contributed by atoms with van der Waals surface area (Å²) in [4.78, 5) is 4.25. The van der Waals surface area contributed by atoms with Crippen LogP contribution in [-0.4, -0.2) is 28.9 Å². The summed E-state index contributed by atoms with van der Waals surface area (Å²) in [7, 11) is 3.55. The Labute approximate surface area is 125 Å². The predicted molar refractivity (Wildman–Crippen MR) is 80.5 cm³/mol. The van der Waals surface area contributed by atoms with Crippen LogP contribution in [0.4, 0.5) is 0 Å². The Bertz CT molecular complexity index is 581. The highest BCUT2D eigenvalue weighted by Gasteiger charge is 2.10. The zero-order valence-electron chi connectivity index (χ0n) is 13.0. The minimum atomic E-state index is 0.258. The number of nitrogens with one attached hydrogen (secondary N) is 1. The van der Waals surface area contributed by atoms with E-state index in [1.54, 1.807) is 13.4 Å². The Kier molecular flexibility index (Phi) is 5.16. The number of rotatable bonds is 7. The van der Waals surface area contributed by atoms with E-state index < -0.39 is 0 Å². The van der Waals surface area contributed by atoms with Gasteiger partial charge in [-0.05, 0) is 27.0 Å². The maximum atomic E-state index is 5.92. The number of aromatic nitrogens is 3. The van der Waals surface area contributed by atoms with Gasteiger partial charge in [0.2, 0.25) is 0 Å². The van der Waals surface area contributed by atoms with Crippen LogP contribution in [0.5, 0.6) is 11.5 Å². The molecule has 2 rings (SSSR count). The Hall–Kier alpha value is -2.08. The second-order valence-corrected chi connectivity index (χ2v) is 5.01. The first-order chi connectivity index (χ1) is 10.2. The Balaban J connectivity index is 2.16. The first kappa shape index (κ1) is 15.3. The van der Waals surface area contributed by atoms with Gasteiger partial charge in [-0.2, -0.15) is 5.10 Å². The first-order valence-corrected chi connectivity index (χ1v) is 6.98. The van der Waals surface area contributed by atoms with Gasteiger partial charge in [-0.15, -0.1) is 0 Å². The molecule has 0 amide bonds. The van der Waals surface area contributed by atoms with E-state index in [2.05, 4.69) is 29.2 Å². The zero-order chi connectivity index (χ0) is 15.2. The molecule has 1 heterocycles. The molecule has 0 radical (unpaired) electrons. The van der Waals surface area contributed by atoms with Crippen molar-refractivity contribution < 1.29 is 9.47 Å². The molecule has 0 saturated carbocycles. The van der Waals surface area contributed by atoms with Gasteiger partial charge < -0.3 is 14.8 Å². The minimum absolute atomic E-state index is 0.258. The lowest BCUT2D eigenvalue weighted by atomic mass is 10.2. The van der Waals surface area contributed by atoms with Crippen LogP contribution in [0.25, 0.3) is 0 Å². The topological polar surface area (TPSA) is 61.2 Å². The van der Waals surface area contributed by atoms with Crippen LogP contribution in [0.1, 0.15) is 31.3 Å². The number of benzene rings is 1. The SMILES string of the molecule is CNCc1ccc(OC)cc1OCc1ncnn1C(C)C. The van der Waals surface area contributed by atoms with Crippen molar-refractivity contribution >= 4 is 0 Å². The number of nitrogens with zero attached hydrogens (tertiary/aromatic N) is 3. The van der Waals surface area contributed by atoms with Crippen LogP contribution in [0, 0.1) is 0 Å². The standard InChI is InChI=1S/C15H22N4O2/c1-11(2)19-15(17-10-18-19)9-21-14-7-13(20-4)6-5-12(14)8-16-3/h5-7,10-11,16H,8-9H2,1-4H3. The molecule has 0 aliphatic rings. The molecule has 0 aliphatic carbocycles. The van der Waals surface area contributed by atoms with Gasteiger partial charge in [0.15, 0.2) is 5.82 Å². The van der Waals surface area contributed by atoms with E-state index in [0.717, 1.165) is 29.4 Å². The molecule has 1 aromatic carbocycles. The molecular formula is C15H22N4O2. The Morgan fingerprint density at radius 3 is 2.81 bits per heavy atom. The number of ether oxygens (including phenoxy) is 2. The molecule has 0 unspecified atom stereocenters. The van der Waals surface area contributed by atoms with Gasteiger partial charge in [-0.1, -0.05) is 6.07 Å². The second-order valence-electron chi connectivity index (χ2n) is 5.01.